The predicted octanol–water partition coefficient (Wildman–Crippen LogP) is 4.63. The van der Waals surface area contributed by atoms with Crippen molar-refractivity contribution in [2.24, 2.45) is 5.41 Å². The first-order valence-electron chi connectivity index (χ1n) is 8.20. The Labute approximate surface area is 147 Å². The molecule has 1 aliphatic rings. The Morgan fingerprint density at radius 2 is 1.84 bits per heavy atom. The molecule has 0 saturated heterocycles. The van der Waals surface area contributed by atoms with Crippen LogP contribution < -0.4 is 10.1 Å². The van der Waals surface area contributed by atoms with E-state index in [0.717, 1.165) is 16.8 Å². The number of anilines is 1. The first-order valence-corrected chi connectivity index (χ1v) is 8.20. The van der Waals surface area contributed by atoms with E-state index in [-0.39, 0.29) is 17.8 Å². The molecule has 1 heterocycles. The zero-order valence-corrected chi connectivity index (χ0v) is 14.8. The molecule has 0 amide bonds. The Hall–Kier alpha value is -2.56. The maximum absolute atomic E-state index is 13.3. The van der Waals surface area contributed by atoms with Crippen molar-refractivity contribution < 1.29 is 18.7 Å². The summed E-state index contributed by atoms with van der Waals surface area (Å²) in [4.78, 5) is 11.7. The maximum atomic E-state index is 13.3. The van der Waals surface area contributed by atoms with Crippen LogP contribution in [0.15, 0.2) is 42.5 Å². The first kappa shape index (κ1) is 17.3. The second kappa shape index (κ2) is 6.39. The van der Waals surface area contributed by atoms with Crippen LogP contribution in [0, 0.1) is 11.2 Å². The number of methoxy groups -OCH3 is 1. The van der Waals surface area contributed by atoms with E-state index in [1.807, 2.05) is 32.0 Å². The quantitative estimate of drug-likeness (QED) is 0.826. The molecule has 5 heteroatoms. The fraction of sp³-hybridized carbons (Fsp3) is 0.350. The molecule has 132 valence electrons. The van der Waals surface area contributed by atoms with Crippen LogP contribution in [-0.4, -0.2) is 13.1 Å². The van der Waals surface area contributed by atoms with Crippen molar-refractivity contribution >= 4 is 11.7 Å². The van der Waals surface area contributed by atoms with Crippen molar-refractivity contribution in [1.82, 2.24) is 0 Å². The third kappa shape index (κ3) is 3.18. The molecule has 0 saturated carbocycles. The van der Waals surface area contributed by atoms with E-state index in [9.17, 15) is 9.18 Å². The fourth-order valence-electron chi connectivity index (χ4n) is 3.46. The highest BCUT2D eigenvalue weighted by molar-refractivity contribution is 5.68. The van der Waals surface area contributed by atoms with Gasteiger partial charge in [0.25, 0.3) is 0 Å². The maximum Gasteiger partial charge on any atom is 0.303 e. The largest absolute Gasteiger partial charge is 0.497 e. The van der Waals surface area contributed by atoms with E-state index in [1.165, 1.54) is 19.1 Å². The molecular weight excluding hydrogens is 321 g/mol. The number of rotatable bonds is 3. The van der Waals surface area contributed by atoms with Gasteiger partial charge in [0, 0.05) is 23.6 Å². The lowest BCUT2D eigenvalue weighted by atomic mass is 9.70. The van der Waals surface area contributed by atoms with Crippen LogP contribution in [0.1, 0.15) is 44.0 Å². The van der Waals surface area contributed by atoms with Crippen LogP contribution >= 0.6 is 0 Å². The van der Waals surface area contributed by atoms with Gasteiger partial charge in [0.05, 0.1) is 13.2 Å². The average molecular weight is 343 g/mol. The van der Waals surface area contributed by atoms with Gasteiger partial charge in [-0.2, -0.15) is 0 Å². The minimum Gasteiger partial charge on any atom is -0.497 e. The average Bonchev–Trinajstić information content (AvgIpc) is 2.57. The minimum absolute atomic E-state index is 0.140. The highest BCUT2D eigenvalue weighted by Gasteiger charge is 2.46. The number of halogens is 1. The van der Waals surface area contributed by atoms with E-state index in [4.69, 9.17) is 9.47 Å². The van der Waals surface area contributed by atoms with Gasteiger partial charge in [-0.25, -0.2) is 4.39 Å². The summed E-state index contributed by atoms with van der Waals surface area (Å²) in [5.41, 5.74) is 2.23. The molecule has 1 aliphatic heterocycles. The van der Waals surface area contributed by atoms with Crippen molar-refractivity contribution in [3.05, 3.63) is 59.4 Å². The second-order valence-electron chi connectivity index (χ2n) is 6.89. The van der Waals surface area contributed by atoms with Gasteiger partial charge in [-0.15, -0.1) is 0 Å². The smallest absolute Gasteiger partial charge is 0.303 e. The molecule has 2 aromatic rings. The monoisotopic (exact) mass is 343 g/mol. The Morgan fingerprint density at radius 1 is 1.16 bits per heavy atom. The van der Waals surface area contributed by atoms with Crippen LogP contribution in [0.2, 0.25) is 0 Å². The Bertz CT molecular complexity index is 786. The molecule has 0 aliphatic carbocycles. The summed E-state index contributed by atoms with van der Waals surface area (Å²) in [6.07, 6.45) is -0.452. The number of fused-ring (bicyclic) bond motifs is 1. The lowest BCUT2D eigenvalue weighted by molar-refractivity contribution is -0.154. The van der Waals surface area contributed by atoms with Crippen LogP contribution in [-0.2, 0) is 9.53 Å². The summed E-state index contributed by atoms with van der Waals surface area (Å²) in [6.45, 7) is 5.47. The van der Waals surface area contributed by atoms with Crippen LogP contribution in [0.5, 0.6) is 5.75 Å². The summed E-state index contributed by atoms with van der Waals surface area (Å²) in [5, 5.41) is 3.51. The molecule has 2 atom stereocenters. The number of hydrogen-bond acceptors (Lipinski definition) is 4. The van der Waals surface area contributed by atoms with Gasteiger partial charge < -0.3 is 14.8 Å². The van der Waals surface area contributed by atoms with Gasteiger partial charge in [0.15, 0.2) is 0 Å². The Balaban J connectivity index is 2.11. The number of ether oxygens (including phenoxy) is 2. The number of nitrogens with one attached hydrogen (secondary N) is 1. The van der Waals surface area contributed by atoms with Crippen molar-refractivity contribution in [3.8, 4) is 5.75 Å². The lowest BCUT2D eigenvalue weighted by Crippen LogP contribution is -2.40. The number of benzene rings is 2. The van der Waals surface area contributed by atoms with E-state index in [2.05, 4.69) is 5.32 Å². The topological polar surface area (TPSA) is 47.6 Å². The van der Waals surface area contributed by atoms with Gasteiger partial charge in [-0.05, 0) is 35.9 Å². The van der Waals surface area contributed by atoms with Crippen LogP contribution in [0.3, 0.4) is 0 Å². The number of carbonyl (C=O) groups excluding carboxylic acids is 1. The van der Waals surface area contributed by atoms with E-state index >= 15 is 0 Å². The van der Waals surface area contributed by atoms with E-state index in [1.54, 1.807) is 19.2 Å². The van der Waals surface area contributed by atoms with Gasteiger partial charge in [-0.3, -0.25) is 4.79 Å². The molecule has 0 unspecified atom stereocenters. The fourth-order valence-corrected chi connectivity index (χ4v) is 3.46. The molecule has 2 aromatic carbocycles. The van der Waals surface area contributed by atoms with Gasteiger partial charge in [-0.1, -0.05) is 26.0 Å². The van der Waals surface area contributed by atoms with Gasteiger partial charge in [0.1, 0.15) is 17.7 Å². The first-order chi connectivity index (χ1) is 11.8. The predicted molar refractivity (Wildman–Crippen MR) is 94.0 cm³/mol. The molecule has 4 nitrogen and oxygen atoms in total. The standard InChI is InChI=1S/C20H22FNO3/c1-12(23)25-19-16-11-15(24-4)9-10-17(16)22-18(20(19,2)3)13-5-7-14(21)8-6-13/h5-11,18-19,22H,1-4H3/t18-,19-/m0/s1. The summed E-state index contributed by atoms with van der Waals surface area (Å²) in [7, 11) is 1.60. The molecule has 0 bridgehead atoms. The molecule has 0 aromatic heterocycles. The third-order valence-corrected chi connectivity index (χ3v) is 4.75. The van der Waals surface area contributed by atoms with Gasteiger partial charge >= 0.3 is 5.97 Å². The highest BCUT2D eigenvalue weighted by atomic mass is 19.1. The van der Waals surface area contributed by atoms with E-state index in [0.29, 0.717) is 5.75 Å². The normalized spacial score (nSPS) is 21.0. The number of esters is 1. The summed E-state index contributed by atoms with van der Waals surface area (Å²) < 4.78 is 24.3. The number of carbonyl (C=O) groups is 1. The van der Waals surface area contributed by atoms with Crippen molar-refractivity contribution in [1.29, 1.82) is 0 Å². The summed E-state index contributed by atoms with van der Waals surface area (Å²) in [6, 6.07) is 11.9. The third-order valence-electron chi connectivity index (χ3n) is 4.75. The van der Waals surface area contributed by atoms with Gasteiger partial charge in [0.2, 0.25) is 0 Å². The van der Waals surface area contributed by atoms with Crippen LogP contribution in [0.4, 0.5) is 10.1 Å². The lowest BCUT2D eigenvalue weighted by Gasteiger charge is -2.46. The summed E-state index contributed by atoms with van der Waals surface area (Å²) >= 11 is 0. The van der Waals surface area contributed by atoms with Crippen molar-refractivity contribution in [2.45, 2.75) is 32.9 Å². The molecular formula is C20H22FNO3. The van der Waals surface area contributed by atoms with Crippen LogP contribution in [0.25, 0.3) is 0 Å². The van der Waals surface area contributed by atoms with E-state index < -0.39 is 11.5 Å². The molecule has 3 rings (SSSR count). The van der Waals surface area contributed by atoms with Crippen molar-refractivity contribution in [2.75, 3.05) is 12.4 Å². The zero-order chi connectivity index (χ0) is 18.2. The number of hydrogen-bond donors (Lipinski definition) is 1. The zero-order valence-electron chi connectivity index (χ0n) is 14.8. The SMILES string of the molecule is COc1ccc2c(c1)[C@H](OC(C)=O)C(C)(C)[C@H](c1ccc(F)cc1)N2. The Kier molecular flexibility index (Phi) is 4.41. The molecule has 0 radical (unpaired) electrons. The molecule has 25 heavy (non-hydrogen) atoms. The molecule has 0 fully saturated rings. The Morgan fingerprint density at radius 3 is 2.44 bits per heavy atom. The highest BCUT2D eigenvalue weighted by Crippen LogP contribution is 2.53. The molecule has 1 N–H and O–H groups in total. The second-order valence-corrected chi connectivity index (χ2v) is 6.89. The molecule has 0 spiro atoms. The van der Waals surface area contributed by atoms with Crippen molar-refractivity contribution in [3.63, 3.8) is 0 Å². The minimum atomic E-state index is -0.455. The summed E-state index contributed by atoms with van der Waals surface area (Å²) in [5.74, 6) is 0.0828.